The lowest BCUT2D eigenvalue weighted by atomic mass is 10.1. The fourth-order valence-electron chi connectivity index (χ4n) is 3.44. The van der Waals surface area contributed by atoms with Crippen LogP contribution in [0.1, 0.15) is 38.7 Å². The van der Waals surface area contributed by atoms with Gasteiger partial charge in [-0.3, -0.25) is 0 Å². The van der Waals surface area contributed by atoms with Crippen molar-refractivity contribution in [2.24, 2.45) is 4.99 Å². The van der Waals surface area contributed by atoms with Crippen LogP contribution in [0.2, 0.25) is 0 Å². The van der Waals surface area contributed by atoms with Crippen molar-refractivity contribution in [1.29, 1.82) is 0 Å². The highest BCUT2D eigenvalue weighted by atomic mass is 16.2. The molecule has 1 amide bonds. The normalized spacial score (nSPS) is 19.6. The standard InChI is InChI=1S/C20H25N4O/c1-3-8-19-18(14-17-9-6-5-7-10-17)22-16-24(19,13-4-2)20(25)23-12-11-21-15-23/h5-7,9-12,15-16H,3-4,8,13-14H2,1-2H3/q+1. The third kappa shape index (κ3) is 3.33. The first-order chi connectivity index (χ1) is 12.2. The Kier molecular flexibility index (Phi) is 5.24. The van der Waals surface area contributed by atoms with Gasteiger partial charge >= 0.3 is 6.03 Å². The van der Waals surface area contributed by atoms with Crippen LogP contribution in [-0.4, -0.2) is 32.9 Å². The number of carbonyl (C=O) groups excluding carboxylic acids is 1. The summed E-state index contributed by atoms with van der Waals surface area (Å²) in [6.07, 6.45) is 10.3. The molecule has 5 heteroatoms. The number of quaternary nitrogens is 1. The van der Waals surface area contributed by atoms with Crippen molar-refractivity contribution in [3.63, 3.8) is 0 Å². The van der Waals surface area contributed by atoms with Crippen molar-refractivity contribution in [2.75, 3.05) is 6.54 Å². The number of hydrogen-bond acceptors (Lipinski definition) is 3. The van der Waals surface area contributed by atoms with Gasteiger partial charge in [0.05, 0.1) is 6.54 Å². The van der Waals surface area contributed by atoms with Gasteiger partial charge in [-0.1, -0.05) is 44.2 Å². The smallest absolute Gasteiger partial charge is 0.245 e. The molecule has 0 spiro atoms. The van der Waals surface area contributed by atoms with Crippen molar-refractivity contribution < 1.29 is 9.28 Å². The Labute approximate surface area is 148 Å². The minimum Gasteiger partial charge on any atom is -0.245 e. The second-order valence-electron chi connectivity index (χ2n) is 6.40. The molecule has 1 atom stereocenters. The highest BCUT2D eigenvalue weighted by molar-refractivity contribution is 5.81. The molecule has 1 aromatic carbocycles. The van der Waals surface area contributed by atoms with E-state index in [1.807, 2.05) is 24.5 Å². The van der Waals surface area contributed by atoms with E-state index in [0.717, 1.165) is 37.1 Å². The van der Waals surface area contributed by atoms with Gasteiger partial charge in [0.25, 0.3) is 0 Å². The van der Waals surface area contributed by atoms with Crippen molar-refractivity contribution in [3.8, 4) is 0 Å². The molecule has 0 aliphatic carbocycles. The minimum atomic E-state index is -0.00499. The summed E-state index contributed by atoms with van der Waals surface area (Å²) in [7, 11) is 0. The van der Waals surface area contributed by atoms with Gasteiger partial charge in [-0.25, -0.2) is 19.3 Å². The third-order valence-corrected chi connectivity index (χ3v) is 4.57. The molecule has 0 N–H and O–H groups in total. The van der Waals surface area contributed by atoms with E-state index in [1.54, 1.807) is 23.3 Å². The molecule has 2 heterocycles. The first kappa shape index (κ1) is 17.3. The fraction of sp³-hybridized carbons (Fsp3) is 0.350. The van der Waals surface area contributed by atoms with E-state index in [0.29, 0.717) is 6.54 Å². The number of benzene rings is 1. The van der Waals surface area contributed by atoms with Crippen LogP contribution in [0.3, 0.4) is 0 Å². The van der Waals surface area contributed by atoms with Gasteiger partial charge in [0, 0.05) is 25.2 Å². The van der Waals surface area contributed by atoms with Crippen LogP contribution in [0.4, 0.5) is 4.79 Å². The number of nitrogens with zero attached hydrogens (tertiary/aromatic N) is 4. The summed E-state index contributed by atoms with van der Waals surface area (Å²) in [4.78, 5) is 22.0. The Bertz CT molecular complexity index is 777. The lowest BCUT2D eigenvalue weighted by molar-refractivity contribution is -0.709. The number of aliphatic imine (C=N–C) groups is 1. The first-order valence-corrected chi connectivity index (χ1v) is 8.93. The fourth-order valence-corrected chi connectivity index (χ4v) is 3.44. The molecule has 1 aliphatic rings. The Morgan fingerprint density at radius 3 is 2.60 bits per heavy atom. The van der Waals surface area contributed by atoms with Crippen LogP contribution in [-0.2, 0) is 6.42 Å². The van der Waals surface area contributed by atoms with Gasteiger partial charge in [0.15, 0.2) is 0 Å². The lowest BCUT2D eigenvalue weighted by Crippen LogP contribution is -2.51. The molecule has 0 saturated heterocycles. The van der Waals surface area contributed by atoms with E-state index >= 15 is 0 Å². The van der Waals surface area contributed by atoms with Gasteiger partial charge < -0.3 is 0 Å². The van der Waals surface area contributed by atoms with Gasteiger partial charge in [0.1, 0.15) is 17.7 Å². The zero-order valence-corrected chi connectivity index (χ0v) is 14.9. The molecule has 1 aromatic heterocycles. The molecule has 0 radical (unpaired) electrons. The van der Waals surface area contributed by atoms with Crippen LogP contribution >= 0.6 is 0 Å². The largest absolute Gasteiger partial charge is 0.439 e. The number of carbonyl (C=O) groups is 1. The van der Waals surface area contributed by atoms with E-state index in [-0.39, 0.29) is 10.5 Å². The van der Waals surface area contributed by atoms with Gasteiger partial charge in [-0.05, 0) is 18.4 Å². The molecular formula is C20H25N4O+. The second-order valence-corrected chi connectivity index (χ2v) is 6.40. The molecule has 0 saturated carbocycles. The van der Waals surface area contributed by atoms with Crippen molar-refractivity contribution in [3.05, 3.63) is 66.0 Å². The Hall–Kier alpha value is -2.53. The topological polar surface area (TPSA) is 47.2 Å². The third-order valence-electron chi connectivity index (χ3n) is 4.57. The average molecular weight is 337 g/mol. The summed E-state index contributed by atoms with van der Waals surface area (Å²) in [6, 6.07) is 10.3. The average Bonchev–Trinajstić information content (AvgIpc) is 3.27. The quantitative estimate of drug-likeness (QED) is 0.735. The Balaban J connectivity index is 2.02. The second kappa shape index (κ2) is 7.57. The maximum Gasteiger partial charge on any atom is 0.439 e. The van der Waals surface area contributed by atoms with Crippen LogP contribution in [0.15, 0.2) is 65.4 Å². The van der Waals surface area contributed by atoms with Crippen LogP contribution in [0.25, 0.3) is 0 Å². The van der Waals surface area contributed by atoms with E-state index < -0.39 is 0 Å². The van der Waals surface area contributed by atoms with Crippen LogP contribution in [0, 0.1) is 0 Å². The molecule has 2 aromatic rings. The van der Waals surface area contributed by atoms with E-state index in [2.05, 4.69) is 31.0 Å². The summed E-state index contributed by atoms with van der Waals surface area (Å²) >= 11 is 0. The molecule has 5 nitrogen and oxygen atoms in total. The maximum atomic E-state index is 13.3. The maximum absolute atomic E-state index is 13.3. The number of hydrogen-bond donors (Lipinski definition) is 0. The summed E-state index contributed by atoms with van der Waals surface area (Å²) in [6.45, 7) is 4.97. The Morgan fingerprint density at radius 2 is 1.96 bits per heavy atom. The molecule has 25 heavy (non-hydrogen) atoms. The molecular weight excluding hydrogens is 312 g/mol. The molecule has 1 aliphatic heterocycles. The van der Waals surface area contributed by atoms with Gasteiger partial charge in [0.2, 0.25) is 6.34 Å². The Morgan fingerprint density at radius 1 is 1.16 bits per heavy atom. The summed E-state index contributed by atoms with van der Waals surface area (Å²) < 4.78 is 1.76. The predicted molar refractivity (Wildman–Crippen MR) is 99.0 cm³/mol. The number of aromatic nitrogens is 2. The summed E-state index contributed by atoms with van der Waals surface area (Å²) in [5.41, 5.74) is 3.36. The molecule has 0 bridgehead atoms. The zero-order chi connectivity index (χ0) is 17.7. The van der Waals surface area contributed by atoms with Crippen molar-refractivity contribution >= 4 is 12.4 Å². The SMILES string of the molecule is CCCC1=C(Cc2ccccc2)N=C[N+]1(CCC)C(=O)n1ccnc1. The monoisotopic (exact) mass is 337 g/mol. The molecule has 1 unspecified atom stereocenters. The van der Waals surface area contributed by atoms with Crippen molar-refractivity contribution in [2.45, 2.75) is 39.5 Å². The van der Waals surface area contributed by atoms with E-state index in [9.17, 15) is 4.79 Å². The molecule has 130 valence electrons. The first-order valence-electron chi connectivity index (χ1n) is 8.93. The highest BCUT2D eigenvalue weighted by Gasteiger charge is 2.45. The highest BCUT2D eigenvalue weighted by Crippen LogP contribution is 2.33. The lowest BCUT2D eigenvalue weighted by Gasteiger charge is -2.29. The predicted octanol–water partition coefficient (Wildman–Crippen LogP) is 4.37. The van der Waals surface area contributed by atoms with Crippen molar-refractivity contribution in [1.82, 2.24) is 9.55 Å². The molecule has 0 fully saturated rings. The number of allylic oxidation sites excluding steroid dienone is 2. The van der Waals surface area contributed by atoms with Gasteiger partial charge in [-0.15, -0.1) is 0 Å². The molecule has 3 rings (SSSR count). The number of amides is 1. The number of rotatable bonds is 6. The summed E-state index contributed by atoms with van der Waals surface area (Å²) in [5, 5.41) is 0. The van der Waals surface area contributed by atoms with Crippen LogP contribution < -0.4 is 0 Å². The van der Waals surface area contributed by atoms with Crippen LogP contribution in [0.5, 0.6) is 0 Å². The van der Waals surface area contributed by atoms with E-state index in [1.165, 1.54) is 5.56 Å². The van der Waals surface area contributed by atoms with Gasteiger partial charge in [-0.2, -0.15) is 4.48 Å². The minimum absolute atomic E-state index is 0.00499. The zero-order valence-electron chi connectivity index (χ0n) is 14.9. The summed E-state index contributed by atoms with van der Waals surface area (Å²) in [5.74, 6) is 0. The number of imidazole rings is 1. The van der Waals surface area contributed by atoms with E-state index in [4.69, 9.17) is 4.99 Å².